The second kappa shape index (κ2) is 7.55. The van der Waals surface area contributed by atoms with Crippen molar-refractivity contribution in [2.45, 2.75) is 6.18 Å². The summed E-state index contributed by atoms with van der Waals surface area (Å²) in [5.41, 5.74) is 1.23. The lowest BCUT2D eigenvalue weighted by atomic mass is 10.1. The van der Waals surface area contributed by atoms with Gasteiger partial charge in [0, 0.05) is 44.3 Å². The highest BCUT2D eigenvalue weighted by molar-refractivity contribution is 5.67. The van der Waals surface area contributed by atoms with Gasteiger partial charge in [-0.1, -0.05) is 18.2 Å². The third-order valence-electron chi connectivity index (χ3n) is 5.31. The molecule has 0 N–H and O–H groups in total. The molecule has 0 bridgehead atoms. The van der Waals surface area contributed by atoms with Gasteiger partial charge in [0.25, 0.3) is 0 Å². The predicted octanol–water partition coefficient (Wildman–Crippen LogP) is 5.05. The Balaban J connectivity index is 1.61. The Morgan fingerprint density at radius 2 is 1.52 bits per heavy atom. The molecule has 0 unspecified atom stereocenters. The van der Waals surface area contributed by atoms with E-state index in [1.165, 1.54) is 17.0 Å². The van der Waals surface area contributed by atoms with Gasteiger partial charge in [0.05, 0.1) is 11.3 Å². The lowest BCUT2D eigenvalue weighted by Crippen LogP contribution is -2.44. The molecule has 0 spiro atoms. The van der Waals surface area contributed by atoms with E-state index in [0.717, 1.165) is 61.2 Å². The SMILES string of the molecule is CN1CCN(c2ccc(-c3ccn(-c4c(F)cccc4C(F)(F)F)c3)cc2)CC1. The molecule has 0 amide bonds. The summed E-state index contributed by atoms with van der Waals surface area (Å²) in [4.78, 5) is 4.59. The number of hydrogen-bond donors (Lipinski definition) is 0. The van der Waals surface area contributed by atoms with Crippen LogP contribution >= 0.6 is 0 Å². The average molecular weight is 403 g/mol. The zero-order valence-electron chi connectivity index (χ0n) is 16.0. The number of likely N-dealkylation sites (N-methyl/N-ethyl adjacent to an activating group) is 1. The van der Waals surface area contributed by atoms with Crippen molar-refractivity contribution in [2.24, 2.45) is 0 Å². The highest BCUT2D eigenvalue weighted by Crippen LogP contribution is 2.36. The molecular weight excluding hydrogens is 382 g/mol. The maximum Gasteiger partial charge on any atom is 0.418 e. The van der Waals surface area contributed by atoms with Gasteiger partial charge in [0.1, 0.15) is 5.82 Å². The first-order valence-corrected chi connectivity index (χ1v) is 9.41. The van der Waals surface area contributed by atoms with Crippen molar-refractivity contribution in [2.75, 3.05) is 38.1 Å². The van der Waals surface area contributed by atoms with E-state index >= 15 is 0 Å². The van der Waals surface area contributed by atoms with Crippen LogP contribution in [0.5, 0.6) is 0 Å². The van der Waals surface area contributed by atoms with E-state index in [0.29, 0.717) is 0 Å². The minimum Gasteiger partial charge on any atom is -0.369 e. The molecule has 3 nitrogen and oxygen atoms in total. The molecule has 2 aromatic carbocycles. The standard InChI is InChI=1S/C22H21F4N3/c1-27-11-13-28(14-12-27)18-7-5-16(6-8-18)17-9-10-29(15-17)21-19(22(24,25)26)3-2-4-20(21)23/h2-10,15H,11-14H2,1H3. The van der Waals surface area contributed by atoms with Gasteiger partial charge in [-0.05, 0) is 48.5 Å². The molecule has 29 heavy (non-hydrogen) atoms. The summed E-state index contributed by atoms with van der Waals surface area (Å²) in [6.07, 6.45) is -1.65. The van der Waals surface area contributed by atoms with E-state index < -0.39 is 23.2 Å². The summed E-state index contributed by atoms with van der Waals surface area (Å²) in [6, 6.07) is 12.6. The molecule has 3 aromatic rings. The van der Waals surface area contributed by atoms with Crippen LogP contribution in [0.25, 0.3) is 16.8 Å². The van der Waals surface area contributed by atoms with Crippen molar-refractivity contribution in [1.82, 2.24) is 9.47 Å². The number of anilines is 1. The number of alkyl halides is 3. The molecule has 1 fully saturated rings. The maximum atomic E-state index is 14.2. The smallest absolute Gasteiger partial charge is 0.369 e. The normalized spacial score (nSPS) is 15.7. The Morgan fingerprint density at radius 3 is 2.17 bits per heavy atom. The Morgan fingerprint density at radius 1 is 0.828 bits per heavy atom. The average Bonchev–Trinajstić information content (AvgIpc) is 3.17. The summed E-state index contributed by atoms with van der Waals surface area (Å²) in [5, 5.41) is 0. The summed E-state index contributed by atoms with van der Waals surface area (Å²) in [7, 11) is 2.10. The van der Waals surface area contributed by atoms with E-state index in [1.807, 2.05) is 24.3 Å². The Kier molecular flexibility index (Phi) is 5.08. The van der Waals surface area contributed by atoms with Gasteiger partial charge >= 0.3 is 6.18 Å². The van der Waals surface area contributed by atoms with Gasteiger partial charge in [-0.3, -0.25) is 0 Å². The lowest BCUT2D eigenvalue weighted by molar-refractivity contribution is -0.137. The number of rotatable bonds is 3. The van der Waals surface area contributed by atoms with Crippen molar-refractivity contribution in [1.29, 1.82) is 0 Å². The van der Waals surface area contributed by atoms with Gasteiger partial charge in [-0.15, -0.1) is 0 Å². The molecule has 1 aromatic heterocycles. The molecule has 1 aliphatic heterocycles. The number of para-hydroxylation sites is 1. The first-order valence-electron chi connectivity index (χ1n) is 9.41. The van der Waals surface area contributed by atoms with E-state index in [-0.39, 0.29) is 0 Å². The molecular formula is C22H21F4N3. The van der Waals surface area contributed by atoms with Gasteiger partial charge < -0.3 is 14.4 Å². The zero-order chi connectivity index (χ0) is 20.6. The largest absolute Gasteiger partial charge is 0.418 e. The van der Waals surface area contributed by atoms with Crippen molar-refractivity contribution in [3.05, 3.63) is 72.3 Å². The quantitative estimate of drug-likeness (QED) is 0.567. The number of benzene rings is 2. The first kappa shape index (κ1) is 19.5. The topological polar surface area (TPSA) is 11.4 Å². The predicted molar refractivity (Wildman–Crippen MR) is 106 cm³/mol. The second-order valence-electron chi connectivity index (χ2n) is 7.28. The monoisotopic (exact) mass is 403 g/mol. The zero-order valence-corrected chi connectivity index (χ0v) is 16.0. The van der Waals surface area contributed by atoms with Crippen molar-refractivity contribution >= 4 is 5.69 Å². The summed E-state index contributed by atoms with van der Waals surface area (Å²) in [6.45, 7) is 3.93. The fourth-order valence-corrected chi connectivity index (χ4v) is 3.64. The van der Waals surface area contributed by atoms with E-state index in [9.17, 15) is 17.6 Å². The fraction of sp³-hybridized carbons (Fsp3) is 0.273. The number of nitrogens with zero attached hydrogens (tertiary/aromatic N) is 3. The molecule has 152 valence electrons. The third kappa shape index (κ3) is 4.00. The van der Waals surface area contributed by atoms with Gasteiger partial charge in [-0.2, -0.15) is 13.2 Å². The summed E-state index contributed by atoms with van der Waals surface area (Å²) < 4.78 is 55.3. The van der Waals surface area contributed by atoms with Crippen molar-refractivity contribution < 1.29 is 17.6 Å². The van der Waals surface area contributed by atoms with Crippen molar-refractivity contribution in [3.8, 4) is 16.8 Å². The third-order valence-corrected chi connectivity index (χ3v) is 5.31. The van der Waals surface area contributed by atoms with Crippen molar-refractivity contribution in [3.63, 3.8) is 0 Å². The Labute approximate surface area is 166 Å². The van der Waals surface area contributed by atoms with Crippen LogP contribution in [-0.4, -0.2) is 42.7 Å². The van der Waals surface area contributed by atoms with Crippen LogP contribution < -0.4 is 4.90 Å². The minimum atomic E-state index is -4.63. The number of halogens is 4. The van der Waals surface area contributed by atoms with Gasteiger partial charge in [-0.25, -0.2) is 4.39 Å². The lowest BCUT2D eigenvalue weighted by Gasteiger charge is -2.34. The van der Waals surface area contributed by atoms with Crippen LogP contribution in [-0.2, 0) is 6.18 Å². The highest BCUT2D eigenvalue weighted by Gasteiger charge is 2.35. The molecule has 4 rings (SSSR count). The minimum absolute atomic E-state index is 0.486. The molecule has 1 saturated heterocycles. The number of aromatic nitrogens is 1. The molecule has 7 heteroatoms. The molecule has 0 aliphatic carbocycles. The Bertz CT molecular complexity index is 984. The highest BCUT2D eigenvalue weighted by atomic mass is 19.4. The Hall–Kier alpha value is -2.80. The van der Waals surface area contributed by atoms with Gasteiger partial charge in [0.15, 0.2) is 0 Å². The number of hydrogen-bond acceptors (Lipinski definition) is 2. The van der Waals surface area contributed by atoms with Crippen LogP contribution in [0.15, 0.2) is 60.9 Å². The van der Waals surface area contributed by atoms with E-state index in [1.54, 1.807) is 6.07 Å². The van der Waals surface area contributed by atoms with Crippen LogP contribution in [0.4, 0.5) is 23.2 Å². The van der Waals surface area contributed by atoms with Crippen LogP contribution in [0.2, 0.25) is 0 Å². The second-order valence-corrected chi connectivity index (χ2v) is 7.28. The van der Waals surface area contributed by atoms with E-state index in [2.05, 4.69) is 16.8 Å². The molecule has 0 radical (unpaired) electrons. The number of piperazine rings is 1. The maximum absolute atomic E-state index is 14.2. The fourth-order valence-electron chi connectivity index (χ4n) is 3.64. The molecule has 0 saturated carbocycles. The summed E-state index contributed by atoms with van der Waals surface area (Å²) in [5.74, 6) is -0.910. The van der Waals surface area contributed by atoms with E-state index in [4.69, 9.17) is 0 Å². The summed E-state index contributed by atoms with van der Waals surface area (Å²) >= 11 is 0. The van der Waals surface area contributed by atoms with Crippen LogP contribution in [0, 0.1) is 5.82 Å². The van der Waals surface area contributed by atoms with Gasteiger partial charge in [0.2, 0.25) is 0 Å². The van der Waals surface area contributed by atoms with Crippen LogP contribution in [0.1, 0.15) is 5.56 Å². The van der Waals surface area contributed by atoms with Crippen LogP contribution in [0.3, 0.4) is 0 Å². The molecule has 0 atom stereocenters. The molecule has 1 aliphatic rings. The first-order chi connectivity index (χ1) is 13.8. The molecule has 2 heterocycles.